The molecule has 1 aromatic rings. The quantitative estimate of drug-likeness (QED) is 0.720. The van der Waals surface area contributed by atoms with Crippen LogP contribution in [0, 0.1) is 0 Å². The zero-order valence-electron chi connectivity index (χ0n) is 6.70. The second-order valence-electron chi connectivity index (χ2n) is 2.42. The van der Waals surface area contributed by atoms with Crippen molar-refractivity contribution in [2.24, 2.45) is 0 Å². The summed E-state index contributed by atoms with van der Waals surface area (Å²) in [6.07, 6.45) is 0.992. The molecule has 0 fully saturated rings. The molecular formula is C8H12O3. The van der Waals surface area contributed by atoms with E-state index < -0.39 is 6.10 Å². The number of aliphatic hydroxyl groups excluding tert-OH is 1. The molecular weight excluding hydrogens is 144 g/mol. The maximum Gasteiger partial charge on any atom is 0.137 e. The van der Waals surface area contributed by atoms with Gasteiger partial charge in [0.05, 0.1) is 12.9 Å². The number of rotatable bonds is 3. The second-order valence-corrected chi connectivity index (χ2v) is 2.42. The van der Waals surface area contributed by atoms with Gasteiger partial charge in [0, 0.05) is 12.7 Å². The highest BCUT2D eigenvalue weighted by molar-refractivity contribution is 5.17. The summed E-state index contributed by atoms with van der Waals surface area (Å²) in [5.41, 5.74) is 0.905. The molecule has 0 bridgehead atoms. The van der Waals surface area contributed by atoms with Crippen molar-refractivity contribution in [1.82, 2.24) is 0 Å². The Bertz CT molecular complexity index is 215. The molecule has 1 rings (SSSR count). The molecule has 0 unspecified atom stereocenters. The van der Waals surface area contributed by atoms with Crippen LogP contribution in [-0.2, 0) is 11.3 Å². The maximum atomic E-state index is 9.17. The lowest BCUT2D eigenvalue weighted by Gasteiger charge is -2.02. The molecule has 0 aliphatic rings. The molecule has 1 heterocycles. The highest BCUT2D eigenvalue weighted by Crippen LogP contribution is 2.18. The van der Waals surface area contributed by atoms with Crippen LogP contribution in [0.4, 0.5) is 0 Å². The summed E-state index contributed by atoms with van der Waals surface area (Å²) in [7, 11) is 1.61. The van der Waals surface area contributed by atoms with Gasteiger partial charge < -0.3 is 14.3 Å². The van der Waals surface area contributed by atoms with Crippen LogP contribution in [0.1, 0.15) is 24.4 Å². The van der Waals surface area contributed by atoms with Crippen molar-refractivity contribution < 1.29 is 14.3 Å². The highest BCUT2D eigenvalue weighted by Gasteiger charge is 2.10. The van der Waals surface area contributed by atoms with Crippen molar-refractivity contribution in [1.29, 1.82) is 0 Å². The van der Waals surface area contributed by atoms with Crippen LogP contribution < -0.4 is 0 Å². The van der Waals surface area contributed by atoms with E-state index in [0.29, 0.717) is 12.4 Å². The Kier molecular flexibility index (Phi) is 2.68. The summed E-state index contributed by atoms with van der Waals surface area (Å²) in [5, 5.41) is 9.17. The van der Waals surface area contributed by atoms with Gasteiger partial charge in [-0.2, -0.15) is 0 Å². The summed E-state index contributed by atoms with van der Waals surface area (Å²) in [6.45, 7) is 2.15. The van der Waals surface area contributed by atoms with Gasteiger partial charge in [-0.25, -0.2) is 0 Å². The predicted octanol–water partition coefficient (Wildman–Crippen LogP) is 1.48. The first-order valence-corrected chi connectivity index (χ1v) is 3.49. The molecule has 1 atom stereocenters. The molecule has 0 aliphatic heterocycles. The third-order valence-corrected chi connectivity index (χ3v) is 1.46. The smallest absolute Gasteiger partial charge is 0.137 e. The van der Waals surface area contributed by atoms with Crippen LogP contribution in [-0.4, -0.2) is 12.2 Å². The molecule has 0 aliphatic carbocycles. The molecule has 0 saturated carbocycles. The Balaban J connectivity index is 2.78. The average Bonchev–Trinajstić information content (AvgIpc) is 2.36. The zero-order valence-corrected chi connectivity index (χ0v) is 6.70. The van der Waals surface area contributed by atoms with E-state index in [9.17, 15) is 5.11 Å². The van der Waals surface area contributed by atoms with E-state index in [1.54, 1.807) is 26.4 Å². The van der Waals surface area contributed by atoms with Crippen molar-refractivity contribution in [3.05, 3.63) is 23.7 Å². The molecule has 62 valence electrons. The Morgan fingerprint density at radius 2 is 2.45 bits per heavy atom. The molecule has 1 aromatic heterocycles. The third kappa shape index (κ3) is 1.82. The fourth-order valence-corrected chi connectivity index (χ4v) is 0.989. The lowest BCUT2D eigenvalue weighted by Crippen LogP contribution is -1.95. The monoisotopic (exact) mass is 156 g/mol. The van der Waals surface area contributed by atoms with Crippen molar-refractivity contribution >= 4 is 0 Å². The topological polar surface area (TPSA) is 42.6 Å². The van der Waals surface area contributed by atoms with E-state index in [-0.39, 0.29) is 0 Å². The first kappa shape index (κ1) is 8.30. The number of furan rings is 1. The lowest BCUT2D eigenvalue weighted by molar-refractivity contribution is 0.152. The van der Waals surface area contributed by atoms with Crippen LogP contribution >= 0.6 is 0 Å². The molecule has 0 radical (unpaired) electrons. The Hall–Kier alpha value is -0.800. The number of methoxy groups -OCH3 is 1. The van der Waals surface area contributed by atoms with E-state index >= 15 is 0 Å². The second kappa shape index (κ2) is 3.55. The van der Waals surface area contributed by atoms with Gasteiger partial charge >= 0.3 is 0 Å². The Morgan fingerprint density at radius 3 is 3.00 bits per heavy atom. The fourth-order valence-electron chi connectivity index (χ4n) is 0.989. The van der Waals surface area contributed by atoms with Gasteiger partial charge in [0.15, 0.2) is 0 Å². The van der Waals surface area contributed by atoms with Crippen LogP contribution in [0.3, 0.4) is 0 Å². The standard InChI is InChI=1S/C8H12O3/c1-6(9)8-7(5-10-2)3-4-11-8/h3-4,6,9H,5H2,1-2H3/t6-/m1/s1. The summed E-state index contributed by atoms with van der Waals surface area (Å²) < 4.78 is 9.95. The van der Waals surface area contributed by atoms with Crippen LogP contribution in [0.15, 0.2) is 16.7 Å². The van der Waals surface area contributed by atoms with E-state index in [1.165, 1.54) is 0 Å². The van der Waals surface area contributed by atoms with Crippen molar-refractivity contribution in [2.75, 3.05) is 7.11 Å². The van der Waals surface area contributed by atoms with Crippen molar-refractivity contribution in [3.63, 3.8) is 0 Å². The van der Waals surface area contributed by atoms with Gasteiger partial charge in [0.1, 0.15) is 11.9 Å². The first-order valence-electron chi connectivity index (χ1n) is 3.49. The molecule has 11 heavy (non-hydrogen) atoms. The van der Waals surface area contributed by atoms with Crippen LogP contribution in [0.2, 0.25) is 0 Å². The fraction of sp³-hybridized carbons (Fsp3) is 0.500. The van der Waals surface area contributed by atoms with Gasteiger partial charge in [0.2, 0.25) is 0 Å². The Labute approximate surface area is 65.6 Å². The average molecular weight is 156 g/mol. The minimum atomic E-state index is -0.560. The van der Waals surface area contributed by atoms with Crippen LogP contribution in [0.25, 0.3) is 0 Å². The van der Waals surface area contributed by atoms with Crippen LogP contribution in [0.5, 0.6) is 0 Å². The molecule has 3 heteroatoms. The summed E-state index contributed by atoms with van der Waals surface area (Å²) in [6, 6.07) is 1.80. The van der Waals surface area contributed by atoms with Crippen molar-refractivity contribution in [3.8, 4) is 0 Å². The van der Waals surface area contributed by atoms with Gasteiger partial charge in [-0.05, 0) is 13.0 Å². The minimum Gasteiger partial charge on any atom is -0.466 e. The largest absolute Gasteiger partial charge is 0.466 e. The lowest BCUT2D eigenvalue weighted by atomic mass is 10.2. The predicted molar refractivity (Wildman–Crippen MR) is 40.1 cm³/mol. The maximum absolute atomic E-state index is 9.17. The molecule has 0 spiro atoms. The third-order valence-electron chi connectivity index (χ3n) is 1.46. The van der Waals surface area contributed by atoms with Gasteiger partial charge in [-0.3, -0.25) is 0 Å². The van der Waals surface area contributed by atoms with Gasteiger partial charge in [-0.15, -0.1) is 0 Å². The van der Waals surface area contributed by atoms with E-state index in [1.807, 2.05) is 0 Å². The van der Waals surface area contributed by atoms with Crippen molar-refractivity contribution in [2.45, 2.75) is 19.6 Å². The van der Waals surface area contributed by atoms with E-state index in [2.05, 4.69) is 0 Å². The number of hydrogen-bond donors (Lipinski definition) is 1. The molecule has 3 nitrogen and oxygen atoms in total. The molecule has 0 aromatic carbocycles. The molecule has 0 saturated heterocycles. The number of aliphatic hydroxyl groups is 1. The van der Waals surface area contributed by atoms with E-state index in [0.717, 1.165) is 5.56 Å². The molecule has 1 N–H and O–H groups in total. The zero-order chi connectivity index (χ0) is 8.27. The summed E-state index contributed by atoms with van der Waals surface area (Å²) in [5.74, 6) is 0.590. The van der Waals surface area contributed by atoms with E-state index in [4.69, 9.17) is 9.15 Å². The number of hydrogen-bond acceptors (Lipinski definition) is 3. The minimum absolute atomic E-state index is 0.483. The highest BCUT2D eigenvalue weighted by atomic mass is 16.5. The first-order chi connectivity index (χ1) is 5.25. The normalized spacial score (nSPS) is 13.4. The molecule has 0 amide bonds. The Morgan fingerprint density at radius 1 is 1.73 bits per heavy atom. The number of ether oxygens (including phenoxy) is 1. The summed E-state index contributed by atoms with van der Waals surface area (Å²) in [4.78, 5) is 0. The van der Waals surface area contributed by atoms with Gasteiger partial charge in [-0.1, -0.05) is 0 Å². The summed E-state index contributed by atoms with van der Waals surface area (Å²) >= 11 is 0. The van der Waals surface area contributed by atoms with Gasteiger partial charge in [0.25, 0.3) is 0 Å². The SMILES string of the molecule is COCc1ccoc1[C@@H](C)O.